The van der Waals surface area contributed by atoms with Crippen molar-refractivity contribution < 1.29 is 23.1 Å². The molecule has 0 spiro atoms. The Hall–Kier alpha value is -2.96. The highest BCUT2D eigenvalue weighted by Crippen LogP contribution is 2.32. The summed E-state index contributed by atoms with van der Waals surface area (Å²) >= 11 is 0. The molecule has 1 aliphatic heterocycles. The number of fused-ring (bicyclic) bond motifs is 1. The number of hydrogen-bond donors (Lipinski definition) is 1. The molecular weight excluding hydrogens is 330 g/mol. The molecule has 0 aromatic heterocycles. The van der Waals surface area contributed by atoms with Crippen LogP contribution < -0.4 is 15.0 Å². The number of rotatable bonds is 4. The van der Waals surface area contributed by atoms with E-state index < -0.39 is 30.2 Å². The second-order valence-electron chi connectivity index (χ2n) is 5.59. The molecule has 0 saturated heterocycles. The summed E-state index contributed by atoms with van der Waals surface area (Å²) in [4.78, 5) is 26.1. The molecule has 7 heteroatoms. The number of carbonyl (C=O) groups is 2. The number of para-hydroxylation sites is 1. The second-order valence-corrected chi connectivity index (χ2v) is 5.59. The van der Waals surface area contributed by atoms with Crippen LogP contribution in [0.2, 0.25) is 0 Å². The molecule has 0 bridgehead atoms. The topological polar surface area (TPSA) is 58.6 Å². The van der Waals surface area contributed by atoms with Crippen LogP contribution in [0.4, 0.5) is 14.5 Å². The number of likely N-dealkylation sites (N-methyl/N-ethyl adjacent to an activating group) is 1. The molecule has 1 N–H and O–H groups in total. The lowest BCUT2D eigenvalue weighted by molar-refractivity contribution is -0.126. The molecule has 130 valence electrons. The Bertz CT molecular complexity index is 826. The van der Waals surface area contributed by atoms with Crippen LogP contribution in [0, 0.1) is 11.6 Å². The molecule has 0 aliphatic carbocycles. The normalized spacial score (nSPS) is 15.6. The lowest BCUT2D eigenvalue weighted by Gasteiger charge is -2.24. The summed E-state index contributed by atoms with van der Waals surface area (Å²) in [5, 5.41) is 2.55. The number of carbonyl (C=O) groups excluding carboxylic acids is 2. The molecule has 0 unspecified atom stereocenters. The number of amides is 2. The van der Waals surface area contributed by atoms with Crippen molar-refractivity contribution in [2.75, 3.05) is 18.6 Å². The maximum Gasteiger partial charge on any atom is 0.265 e. The van der Waals surface area contributed by atoms with E-state index in [4.69, 9.17) is 4.74 Å². The molecule has 3 rings (SSSR count). The highest BCUT2D eigenvalue weighted by atomic mass is 19.2. The molecule has 1 atom stereocenters. The van der Waals surface area contributed by atoms with E-state index in [1.165, 1.54) is 18.0 Å². The Morgan fingerprint density at radius 3 is 2.68 bits per heavy atom. The SMILES string of the molecule is CNC(=O)[C@H]1Cc2ccccc2N1C(=O)COc1ccc(F)c(F)c1. The van der Waals surface area contributed by atoms with E-state index in [0.717, 1.165) is 17.7 Å². The van der Waals surface area contributed by atoms with Gasteiger partial charge in [-0.1, -0.05) is 18.2 Å². The van der Waals surface area contributed by atoms with E-state index in [2.05, 4.69) is 5.32 Å². The third kappa shape index (κ3) is 3.31. The van der Waals surface area contributed by atoms with E-state index in [1.54, 1.807) is 12.1 Å². The minimum Gasteiger partial charge on any atom is -0.484 e. The van der Waals surface area contributed by atoms with E-state index in [9.17, 15) is 18.4 Å². The lowest BCUT2D eigenvalue weighted by atomic mass is 10.1. The van der Waals surface area contributed by atoms with Crippen molar-refractivity contribution in [3.05, 3.63) is 59.7 Å². The fourth-order valence-electron chi connectivity index (χ4n) is 2.85. The molecule has 5 nitrogen and oxygen atoms in total. The second kappa shape index (κ2) is 6.88. The molecule has 25 heavy (non-hydrogen) atoms. The summed E-state index contributed by atoms with van der Waals surface area (Å²) < 4.78 is 31.4. The monoisotopic (exact) mass is 346 g/mol. The highest BCUT2D eigenvalue weighted by Gasteiger charge is 2.37. The van der Waals surface area contributed by atoms with Crippen LogP contribution in [0.25, 0.3) is 0 Å². The average Bonchev–Trinajstić information content (AvgIpc) is 3.01. The predicted molar refractivity (Wildman–Crippen MR) is 87.3 cm³/mol. The van der Waals surface area contributed by atoms with Crippen molar-refractivity contribution in [3.63, 3.8) is 0 Å². The van der Waals surface area contributed by atoms with Gasteiger partial charge in [-0.3, -0.25) is 14.5 Å². The Balaban J connectivity index is 1.78. The van der Waals surface area contributed by atoms with Crippen LogP contribution in [-0.2, 0) is 16.0 Å². The van der Waals surface area contributed by atoms with Gasteiger partial charge in [-0.15, -0.1) is 0 Å². The summed E-state index contributed by atoms with van der Waals surface area (Å²) in [6.45, 7) is -0.396. The Labute approximate surface area is 143 Å². The van der Waals surface area contributed by atoms with E-state index >= 15 is 0 Å². The molecule has 0 saturated carbocycles. The maximum absolute atomic E-state index is 13.2. The van der Waals surface area contributed by atoms with Gasteiger partial charge in [0.25, 0.3) is 5.91 Å². The van der Waals surface area contributed by atoms with Gasteiger partial charge in [0.05, 0.1) is 0 Å². The zero-order valence-corrected chi connectivity index (χ0v) is 13.5. The van der Waals surface area contributed by atoms with Gasteiger partial charge in [-0.25, -0.2) is 8.78 Å². The predicted octanol–water partition coefficient (Wildman–Crippen LogP) is 2.05. The Morgan fingerprint density at radius 1 is 1.20 bits per heavy atom. The molecule has 2 amide bonds. The zero-order valence-electron chi connectivity index (χ0n) is 13.5. The van der Waals surface area contributed by atoms with Crippen molar-refractivity contribution in [2.45, 2.75) is 12.5 Å². The quantitative estimate of drug-likeness (QED) is 0.922. The van der Waals surface area contributed by atoms with Crippen LogP contribution in [0.3, 0.4) is 0 Å². The number of nitrogens with zero attached hydrogens (tertiary/aromatic N) is 1. The van der Waals surface area contributed by atoms with Crippen LogP contribution >= 0.6 is 0 Å². The van der Waals surface area contributed by atoms with Gasteiger partial charge in [-0.05, 0) is 23.8 Å². The van der Waals surface area contributed by atoms with Crippen molar-refractivity contribution in [2.24, 2.45) is 0 Å². The summed E-state index contributed by atoms with van der Waals surface area (Å²) in [5.41, 5.74) is 1.53. The number of hydrogen-bond acceptors (Lipinski definition) is 3. The molecule has 2 aromatic carbocycles. The van der Waals surface area contributed by atoms with E-state index in [1.807, 2.05) is 12.1 Å². The van der Waals surface area contributed by atoms with Gasteiger partial charge in [0, 0.05) is 25.2 Å². The van der Waals surface area contributed by atoms with Gasteiger partial charge >= 0.3 is 0 Å². The summed E-state index contributed by atoms with van der Waals surface area (Å²) in [7, 11) is 1.51. The van der Waals surface area contributed by atoms with Gasteiger partial charge in [0.1, 0.15) is 11.8 Å². The van der Waals surface area contributed by atoms with Crippen LogP contribution in [0.15, 0.2) is 42.5 Å². The van der Waals surface area contributed by atoms with E-state index in [0.29, 0.717) is 12.1 Å². The Kier molecular flexibility index (Phi) is 4.65. The number of benzene rings is 2. The first-order valence-electron chi connectivity index (χ1n) is 7.70. The van der Waals surface area contributed by atoms with Crippen molar-refractivity contribution in [1.29, 1.82) is 0 Å². The zero-order chi connectivity index (χ0) is 18.0. The van der Waals surface area contributed by atoms with Gasteiger partial charge in [0.2, 0.25) is 5.91 Å². The highest BCUT2D eigenvalue weighted by molar-refractivity contribution is 6.04. The molecule has 1 aliphatic rings. The minimum atomic E-state index is -1.06. The molecule has 0 radical (unpaired) electrons. The first-order chi connectivity index (χ1) is 12.0. The summed E-state index contributed by atoms with van der Waals surface area (Å²) in [6.07, 6.45) is 0.409. The van der Waals surface area contributed by atoms with Crippen molar-refractivity contribution >= 4 is 17.5 Å². The fraction of sp³-hybridized carbons (Fsp3) is 0.222. The third-order valence-corrected chi connectivity index (χ3v) is 4.05. The lowest BCUT2D eigenvalue weighted by Crippen LogP contribution is -2.48. The largest absolute Gasteiger partial charge is 0.484 e. The van der Waals surface area contributed by atoms with Gasteiger partial charge in [-0.2, -0.15) is 0 Å². The van der Waals surface area contributed by atoms with Gasteiger partial charge in [0.15, 0.2) is 18.2 Å². The van der Waals surface area contributed by atoms with Crippen LogP contribution in [0.5, 0.6) is 5.75 Å². The molecule has 0 fully saturated rings. The average molecular weight is 346 g/mol. The molecular formula is C18H16F2N2O3. The Morgan fingerprint density at radius 2 is 1.96 bits per heavy atom. The summed E-state index contributed by atoms with van der Waals surface area (Å²) in [6, 6.07) is 9.60. The van der Waals surface area contributed by atoms with Gasteiger partial charge < -0.3 is 10.1 Å². The minimum absolute atomic E-state index is 0.0382. The van der Waals surface area contributed by atoms with Crippen LogP contribution in [-0.4, -0.2) is 31.5 Å². The molecule has 1 heterocycles. The smallest absolute Gasteiger partial charge is 0.265 e. The number of nitrogens with one attached hydrogen (secondary N) is 1. The van der Waals surface area contributed by atoms with Crippen molar-refractivity contribution in [1.82, 2.24) is 5.32 Å². The number of anilines is 1. The standard InChI is InChI=1S/C18H16F2N2O3/c1-21-18(24)16-8-11-4-2-3-5-15(11)22(16)17(23)10-25-12-6-7-13(19)14(20)9-12/h2-7,9,16H,8,10H2,1H3,(H,21,24)/t16-/m1/s1. The maximum atomic E-state index is 13.2. The number of ether oxygens (including phenoxy) is 1. The first kappa shape index (κ1) is 16.9. The first-order valence-corrected chi connectivity index (χ1v) is 7.70. The third-order valence-electron chi connectivity index (χ3n) is 4.05. The van der Waals surface area contributed by atoms with Crippen LogP contribution in [0.1, 0.15) is 5.56 Å². The molecule has 2 aromatic rings. The fourth-order valence-corrected chi connectivity index (χ4v) is 2.85. The van der Waals surface area contributed by atoms with Crippen molar-refractivity contribution in [3.8, 4) is 5.75 Å². The summed E-state index contributed by atoms with van der Waals surface area (Å²) in [5.74, 6) is -2.73. The van der Waals surface area contributed by atoms with E-state index in [-0.39, 0.29) is 11.7 Å². The number of halogens is 2.